The predicted octanol–water partition coefficient (Wildman–Crippen LogP) is 2.01. The van der Waals surface area contributed by atoms with Gasteiger partial charge >= 0.3 is 0 Å². The molecule has 0 aliphatic carbocycles. The highest BCUT2D eigenvalue weighted by Crippen LogP contribution is 2.18. The van der Waals surface area contributed by atoms with Gasteiger partial charge in [-0.1, -0.05) is 5.92 Å². The number of thioether (sulfide) groups is 1. The van der Waals surface area contributed by atoms with E-state index in [1.54, 1.807) is 11.8 Å². The van der Waals surface area contributed by atoms with Gasteiger partial charge in [0.1, 0.15) is 12.4 Å². The molecule has 80 valence electrons. The molecule has 1 aromatic rings. The highest BCUT2D eigenvalue weighted by molar-refractivity contribution is 7.98. The Kier molecular flexibility index (Phi) is 5.76. The van der Waals surface area contributed by atoms with Crippen molar-refractivity contribution in [3.05, 3.63) is 24.3 Å². The van der Waals surface area contributed by atoms with Gasteiger partial charge in [-0.05, 0) is 30.5 Å². The summed E-state index contributed by atoms with van der Waals surface area (Å²) < 4.78 is 5.51. The van der Waals surface area contributed by atoms with Crippen LogP contribution in [0, 0.1) is 12.3 Å². The Morgan fingerprint density at radius 2 is 2.13 bits per heavy atom. The fraction of sp³-hybridized carbons (Fsp3) is 0.333. The van der Waals surface area contributed by atoms with Crippen molar-refractivity contribution in [2.45, 2.75) is 4.90 Å². The van der Waals surface area contributed by atoms with Crippen LogP contribution in [0.2, 0.25) is 0 Å². The molecule has 0 unspecified atom stereocenters. The summed E-state index contributed by atoms with van der Waals surface area (Å²) in [6, 6.07) is 8.06. The Morgan fingerprint density at radius 3 is 2.73 bits per heavy atom. The highest BCUT2D eigenvalue weighted by Gasteiger charge is 1.93. The van der Waals surface area contributed by atoms with E-state index in [1.165, 1.54) is 4.90 Å². The summed E-state index contributed by atoms with van der Waals surface area (Å²) >= 11 is 1.72. The second kappa shape index (κ2) is 7.22. The Balaban J connectivity index is 2.23. The normalized spacial score (nSPS) is 9.60. The molecule has 0 bridgehead atoms. The van der Waals surface area contributed by atoms with Gasteiger partial charge in [0, 0.05) is 11.4 Å². The van der Waals surface area contributed by atoms with E-state index in [9.17, 15) is 0 Å². The lowest BCUT2D eigenvalue weighted by atomic mass is 10.3. The lowest BCUT2D eigenvalue weighted by molar-refractivity contribution is 0.316. The zero-order valence-corrected chi connectivity index (χ0v) is 9.64. The maximum atomic E-state index is 5.51. The molecule has 1 N–H and O–H groups in total. The molecule has 0 radical (unpaired) electrons. The van der Waals surface area contributed by atoms with Crippen molar-refractivity contribution in [3.8, 4) is 18.1 Å². The van der Waals surface area contributed by atoms with E-state index >= 15 is 0 Å². The molecule has 15 heavy (non-hydrogen) atoms. The summed E-state index contributed by atoms with van der Waals surface area (Å²) in [7, 11) is 0. The first-order valence-electron chi connectivity index (χ1n) is 4.78. The van der Waals surface area contributed by atoms with E-state index in [4.69, 9.17) is 11.2 Å². The van der Waals surface area contributed by atoms with E-state index in [0.29, 0.717) is 13.2 Å². The number of ether oxygens (including phenoxy) is 1. The van der Waals surface area contributed by atoms with Crippen molar-refractivity contribution in [1.29, 1.82) is 0 Å². The third-order valence-corrected chi connectivity index (χ3v) is 2.58. The molecular formula is C12H15NOS. The number of hydrogen-bond acceptors (Lipinski definition) is 3. The van der Waals surface area contributed by atoms with E-state index in [-0.39, 0.29) is 0 Å². The van der Waals surface area contributed by atoms with Crippen LogP contribution in [-0.2, 0) is 0 Å². The van der Waals surface area contributed by atoms with Gasteiger partial charge in [-0.2, -0.15) is 0 Å². The smallest absolute Gasteiger partial charge is 0.119 e. The predicted molar refractivity (Wildman–Crippen MR) is 65.4 cm³/mol. The molecule has 0 aliphatic heterocycles. The van der Waals surface area contributed by atoms with Gasteiger partial charge in [0.2, 0.25) is 0 Å². The van der Waals surface area contributed by atoms with Crippen molar-refractivity contribution in [2.24, 2.45) is 0 Å². The summed E-state index contributed by atoms with van der Waals surface area (Å²) in [6.07, 6.45) is 7.15. The van der Waals surface area contributed by atoms with Gasteiger partial charge in [0.25, 0.3) is 0 Å². The average Bonchev–Trinajstić information content (AvgIpc) is 2.30. The van der Waals surface area contributed by atoms with Crippen LogP contribution < -0.4 is 10.1 Å². The number of terminal acetylenes is 1. The Hall–Kier alpha value is -1.11. The maximum Gasteiger partial charge on any atom is 0.119 e. The van der Waals surface area contributed by atoms with Crippen molar-refractivity contribution in [1.82, 2.24) is 5.32 Å². The van der Waals surface area contributed by atoms with E-state index in [1.807, 2.05) is 12.1 Å². The molecule has 0 fully saturated rings. The van der Waals surface area contributed by atoms with Crippen LogP contribution >= 0.6 is 11.8 Å². The molecule has 3 heteroatoms. The van der Waals surface area contributed by atoms with Crippen molar-refractivity contribution in [2.75, 3.05) is 26.0 Å². The first kappa shape index (κ1) is 12.0. The van der Waals surface area contributed by atoms with Gasteiger partial charge < -0.3 is 10.1 Å². The topological polar surface area (TPSA) is 21.3 Å². The van der Waals surface area contributed by atoms with Crippen molar-refractivity contribution >= 4 is 11.8 Å². The van der Waals surface area contributed by atoms with E-state index in [0.717, 1.165) is 12.3 Å². The van der Waals surface area contributed by atoms with E-state index in [2.05, 4.69) is 29.6 Å². The lowest BCUT2D eigenvalue weighted by Crippen LogP contribution is -2.21. The summed E-state index contributed by atoms with van der Waals surface area (Å²) in [5.41, 5.74) is 0. The van der Waals surface area contributed by atoms with Crippen LogP contribution in [0.25, 0.3) is 0 Å². The largest absolute Gasteiger partial charge is 0.492 e. The van der Waals surface area contributed by atoms with Gasteiger partial charge in [-0.25, -0.2) is 0 Å². The van der Waals surface area contributed by atoms with Crippen molar-refractivity contribution < 1.29 is 4.74 Å². The maximum absolute atomic E-state index is 5.51. The molecule has 0 atom stereocenters. The van der Waals surface area contributed by atoms with Gasteiger partial charge in [-0.15, -0.1) is 18.2 Å². The molecule has 2 nitrogen and oxygen atoms in total. The Labute approximate surface area is 95.4 Å². The summed E-state index contributed by atoms with van der Waals surface area (Å²) in [5.74, 6) is 3.41. The first-order valence-corrected chi connectivity index (χ1v) is 6.00. The number of rotatable bonds is 6. The molecule has 0 heterocycles. The molecule has 0 aliphatic rings. The molecule has 0 aromatic heterocycles. The zero-order chi connectivity index (χ0) is 10.9. The second-order valence-corrected chi connectivity index (χ2v) is 3.78. The molecule has 1 rings (SSSR count). The lowest BCUT2D eigenvalue weighted by Gasteiger charge is -2.06. The fourth-order valence-electron chi connectivity index (χ4n) is 1.07. The summed E-state index contributed by atoms with van der Waals surface area (Å²) in [5, 5.41) is 3.06. The zero-order valence-electron chi connectivity index (χ0n) is 8.82. The summed E-state index contributed by atoms with van der Waals surface area (Å²) in [4.78, 5) is 1.24. The highest BCUT2D eigenvalue weighted by atomic mass is 32.2. The van der Waals surface area contributed by atoms with Gasteiger partial charge in [-0.3, -0.25) is 0 Å². The number of hydrogen-bond donors (Lipinski definition) is 1. The SMILES string of the molecule is C#CCNCCOc1ccc(SC)cc1. The molecule has 0 spiro atoms. The van der Waals surface area contributed by atoms with Gasteiger partial charge in [0.05, 0.1) is 6.54 Å². The third kappa shape index (κ3) is 4.78. The van der Waals surface area contributed by atoms with Crippen LogP contribution in [0.5, 0.6) is 5.75 Å². The minimum atomic E-state index is 0.592. The first-order chi connectivity index (χ1) is 7.36. The molecule has 0 saturated heterocycles. The second-order valence-electron chi connectivity index (χ2n) is 2.90. The van der Waals surface area contributed by atoms with Gasteiger partial charge in [0.15, 0.2) is 0 Å². The minimum Gasteiger partial charge on any atom is -0.492 e. The quantitative estimate of drug-likeness (QED) is 0.451. The monoisotopic (exact) mass is 221 g/mol. The van der Waals surface area contributed by atoms with Crippen LogP contribution in [0.1, 0.15) is 0 Å². The Morgan fingerprint density at radius 1 is 1.40 bits per heavy atom. The van der Waals surface area contributed by atoms with Crippen LogP contribution in [0.4, 0.5) is 0 Å². The molecule has 0 amide bonds. The molecule has 1 aromatic carbocycles. The van der Waals surface area contributed by atoms with Crippen LogP contribution in [0.3, 0.4) is 0 Å². The van der Waals surface area contributed by atoms with Crippen LogP contribution in [-0.4, -0.2) is 26.0 Å². The minimum absolute atomic E-state index is 0.592. The average molecular weight is 221 g/mol. The molecule has 0 saturated carbocycles. The number of benzene rings is 1. The van der Waals surface area contributed by atoms with Crippen LogP contribution in [0.15, 0.2) is 29.2 Å². The van der Waals surface area contributed by atoms with Crippen molar-refractivity contribution in [3.63, 3.8) is 0 Å². The standard InChI is InChI=1S/C12H15NOS/c1-3-8-13-9-10-14-11-4-6-12(15-2)7-5-11/h1,4-7,13H,8-10H2,2H3. The van der Waals surface area contributed by atoms with E-state index < -0.39 is 0 Å². The fourth-order valence-corrected chi connectivity index (χ4v) is 1.48. The third-order valence-electron chi connectivity index (χ3n) is 1.83. The molecular weight excluding hydrogens is 206 g/mol. The Bertz CT molecular complexity index is 315. The number of nitrogens with one attached hydrogen (secondary N) is 1. The summed E-state index contributed by atoms with van der Waals surface area (Å²) in [6.45, 7) is 2.00.